The molecule has 0 unspecified atom stereocenters. The Kier molecular flexibility index (Phi) is 6.82. The first kappa shape index (κ1) is 22.5. The molecule has 0 bridgehead atoms. The molecule has 0 N–H and O–H groups in total. The second kappa shape index (κ2) is 10.3. The molecule has 3 aromatic rings. The fourth-order valence-electron chi connectivity index (χ4n) is 4.34. The lowest BCUT2D eigenvalue weighted by Gasteiger charge is -2.32. The SMILES string of the molecule is Cn1cc(-c2ccc(=O)n(C[C@@H]3CN(c4ncc(OCCN5CCCC5)cn4)CCO3)n2)cn1. The summed E-state index contributed by atoms with van der Waals surface area (Å²) in [5.74, 6) is 1.31. The first-order valence-electron chi connectivity index (χ1n) is 11.7. The molecule has 180 valence electrons. The normalized spacial score (nSPS) is 19.0. The van der Waals surface area contributed by atoms with Gasteiger partial charge in [0.05, 0.1) is 43.5 Å². The first-order valence-corrected chi connectivity index (χ1v) is 11.7. The third-order valence-electron chi connectivity index (χ3n) is 6.15. The van der Waals surface area contributed by atoms with Gasteiger partial charge in [-0.15, -0.1) is 0 Å². The van der Waals surface area contributed by atoms with Crippen molar-refractivity contribution in [2.75, 3.05) is 50.8 Å². The molecule has 11 nitrogen and oxygen atoms in total. The molecule has 11 heteroatoms. The van der Waals surface area contributed by atoms with Gasteiger partial charge in [-0.05, 0) is 32.0 Å². The van der Waals surface area contributed by atoms with Crippen molar-refractivity contribution in [3.05, 3.63) is 47.3 Å². The van der Waals surface area contributed by atoms with Gasteiger partial charge in [0.15, 0.2) is 5.75 Å². The first-order chi connectivity index (χ1) is 16.6. The summed E-state index contributed by atoms with van der Waals surface area (Å²) in [7, 11) is 1.85. The zero-order valence-electron chi connectivity index (χ0n) is 19.4. The highest BCUT2D eigenvalue weighted by atomic mass is 16.5. The molecule has 2 fully saturated rings. The van der Waals surface area contributed by atoms with Crippen LogP contribution in [0.2, 0.25) is 0 Å². The number of aryl methyl sites for hydroxylation is 1. The molecule has 5 heterocycles. The van der Waals surface area contributed by atoms with Crippen molar-refractivity contribution >= 4 is 5.95 Å². The molecule has 0 amide bonds. The van der Waals surface area contributed by atoms with Gasteiger partial charge in [-0.1, -0.05) is 0 Å². The number of hydrogen-bond donors (Lipinski definition) is 0. The zero-order valence-corrected chi connectivity index (χ0v) is 19.4. The summed E-state index contributed by atoms with van der Waals surface area (Å²) in [4.78, 5) is 25.9. The number of hydrogen-bond acceptors (Lipinski definition) is 9. The molecule has 2 aliphatic rings. The molecule has 5 rings (SSSR count). The Morgan fingerprint density at radius 3 is 2.71 bits per heavy atom. The number of anilines is 1. The van der Waals surface area contributed by atoms with Gasteiger partial charge in [-0.2, -0.15) is 10.2 Å². The summed E-state index contributed by atoms with van der Waals surface area (Å²) >= 11 is 0. The van der Waals surface area contributed by atoms with Crippen LogP contribution in [0.4, 0.5) is 5.95 Å². The van der Waals surface area contributed by atoms with Crippen molar-refractivity contribution in [1.29, 1.82) is 0 Å². The third kappa shape index (κ3) is 5.42. The summed E-state index contributed by atoms with van der Waals surface area (Å²) in [5.41, 5.74) is 1.39. The maximum absolute atomic E-state index is 12.4. The second-order valence-electron chi connectivity index (χ2n) is 8.70. The van der Waals surface area contributed by atoms with E-state index in [1.165, 1.54) is 23.6 Å². The summed E-state index contributed by atoms with van der Waals surface area (Å²) in [5, 5.41) is 8.70. The standard InChI is InChI=1S/C23H30N8O3/c1-28-15-18(12-26-28)21-4-5-22(32)31(27-21)17-20-16-30(9-11-34-20)23-24-13-19(14-25-23)33-10-8-29-6-2-3-7-29/h4-5,12-15,20H,2-3,6-11,16-17H2,1H3/t20-/m0/s1. The lowest BCUT2D eigenvalue weighted by Crippen LogP contribution is -2.46. The molecule has 0 saturated carbocycles. The van der Waals surface area contributed by atoms with Crippen LogP contribution in [0.5, 0.6) is 5.75 Å². The Bertz CT molecular complexity index is 1140. The summed E-state index contributed by atoms with van der Waals surface area (Å²) in [6.07, 6.45) is 9.39. The van der Waals surface area contributed by atoms with Crippen molar-refractivity contribution in [2.24, 2.45) is 7.05 Å². The Labute approximate surface area is 197 Å². The number of morpholine rings is 1. The number of rotatable bonds is 8. The third-order valence-corrected chi connectivity index (χ3v) is 6.15. The van der Waals surface area contributed by atoms with Gasteiger partial charge in [0.2, 0.25) is 5.95 Å². The zero-order chi connectivity index (χ0) is 23.3. The van der Waals surface area contributed by atoms with Crippen LogP contribution in [0.25, 0.3) is 11.3 Å². The van der Waals surface area contributed by atoms with E-state index in [0.717, 1.165) is 25.2 Å². The summed E-state index contributed by atoms with van der Waals surface area (Å²) in [6.45, 7) is 6.02. The molecule has 34 heavy (non-hydrogen) atoms. The second-order valence-corrected chi connectivity index (χ2v) is 8.70. The fourth-order valence-corrected chi connectivity index (χ4v) is 4.34. The van der Waals surface area contributed by atoms with E-state index in [2.05, 4.69) is 30.0 Å². The largest absolute Gasteiger partial charge is 0.489 e. The van der Waals surface area contributed by atoms with Crippen molar-refractivity contribution in [3.8, 4) is 17.0 Å². The van der Waals surface area contributed by atoms with Gasteiger partial charge in [-0.25, -0.2) is 14.6 Å². The minimum Gasteiger partial charge on any atom is -0.489 e. The maximum atomic E-state index is 12.4. The van der Waals surface area contributed by atoms with E-state index < -0.39 is 0 Å². The van der Waals surface area contributed by atoms with Gasteiger partial charge in [-0.3, -0.25) is 14.4 Å². The van der Waals surface area contributed by atoms with Crippen molar-refractivity contribution in [2.45, 2.75) is 25.5 Å². The van der Waals surface area contributed by atoms with E-state index >= 15 is 0 Å². The van der Waals surface area contributed by atoms with Crippen LogP contribution in [0.15, 0.2) is 41.7 Å². The van der Waals surface area contributed by atoms with Crippen LogP contribution in [0.3, 0.4) is 0 Å². The van der Waals surface area contributed by atoms with E-state index in [4.69, 9.17) is 9.47 Å². The molecule has 2 aliphatic heterocycles. The van der Waals surface area contributed by atoms with E-state index in [-0.39, 0.29) is 11.7 Å². The Morgan fingerprint density at radius 2 is 1.94 bits per heavy atom. The molecule has 0 radical (unpaired) electrons. The van der Waals surface area contributed by atoms with Gasteiger partial charge < -0.3 is 14.4 Å². The van der Waals surface area contributed by atoms with Crippen LogP contribution < -0.4 is 15.2 Å². The van der Waals surface area contributed by atoms with Crippen molar-refractivity contribution in [1.82, 2.24) is 34.4 Å². The molecular formula is C23H30N8O3. The highest BCUT2D eigenvalue weighted by Crippen LogP contribution is 2.17. The van der Waals surface area contributed by atoms with Gasteiger partial charge >= 0.3 is 0 Å². The van der Waals surface area contributed by atoms with E-state index in [9.17, 15) is 4.79 Å². The molecule has 0 spiro atoms. The smallest absolute Gasteiger partial charge is 0.266 e. The minimum atomic E-state index is -0.205. The minimum absolute atomic E-state index is 0.167. The van der Waals surface area contributed by atoms with E-state index in [1.54, 1.807) is 29.3 Å². The molecule has 1 atom stereocenters. The lowest BCUT2D eigenvalue weighted by molar-refractivity contribution is 0.0260. The van der Waals surface area contributed by atoms with Crippen LogP contribution in [0.1, 0.15) is 12.8 Å². The molecular weight excluding hydrogens is 436 g/mol. The predicted octanol–water partition coefficient (Wildman–Crippen LogP) is 0.814. The Balaban J connectivity index is 1.18. The topological polar surface area (TPSA) is 103 Å². The highest BCUT2D eigenvalue weighted by Gasteiger charge is 2.24. The summed E-state index contributed by atoms with van der Waals surface area (Å²) < 4.78 is 14.9. The number of ether oxygens (including phenoxy) is 2. The quantitative estimate of drug-likeness (QED) is 0.477. The van der Waals surface area contributed by atoms with E-state index in [0.29, 0.717) is 50.2 Å². The van der Waals surface area contributed by atoms with Crippen LogP contribution in [-0.2, 0) is 18.3 Å². The van der Waals surface area contributed by atoms with Crippen LogP contribution in [-0.4, -0.2) is 86.5 Å². The van der Waals surface area contributed by atoms with Gasteiger partial charge in [0, 0.05) is 44.5 Å². The molecule has 0 aliphatic carbocycles. The average molecular weight is 467 g/mol. The van der Waals surface area contributed by atoms with Crippen molar-refractivity contribution < 1.29 is 9.47 Å². The monoisotopic (exact) mass is 466 g/mol. The van der Waals surface area contributed by atoms with E-state index in [1.807, 2.05) is 13.2 Å². The van der Waals surface area contributed by atoms with Crippen LogP contribution >= 0.6 is 0 Å². The van der Waals surface area contributed by atoms with Crippen molar-refractivity contribution in [3.63, 3.8) is 0 Å². The number of likely N-dealkylation sites (tertiary alicyclic amines) is 1. The molecule has 3 aromatic heterocycles. The number of aromatic nitrogens is 6. The Morgan fingerprint density at radius 1 is 1.12 bits per heavy atom. The lowest BCUT2D eigenvalue weighted by atomic mass is 10.2. The fraction of sp³-hybridized carbons (Fsp3) is 0.522. The average Bonchev–Trinajstić information content (AvgIpc) is 3.53. The number of nitrogens with zero attached hydrogens (tertiary/aromatic N) is 8. The highest BCUT2D eigenvalue weighted by molar-refractivity contribution is 5.55. The predicted molar refractivity (Wildman–Crippen MR) is 126 cm³/mol. The molecule has 2 saturated heterocycles. The van der Waals surface area contributed by atoms with Crippen LogP contribution in [0, 0.1) is 0 Å². The summed E-state index contributed by atoms with van der Waals surface area (Å²) in [6, 6.07) is 3.24. The Hall–Kier alpha value is -3.31. The molecule has 0 aromatic carbocycles. The maximum Gasteiger partial charge on any atom is 0.266 e. The van der Waals surface area contributed by atoms with Gasteiger partial charge in [0.25, 0.3) is 5.56 Å². The van der Waals surface area contributed by atoms with Gasteiger partial charge in [0.1, 0.15) is 6.61 Å².